The van der Waals surface area contributed by atoms with Crippen LogP contribution in [0.15, 0.2) is 24.3 Å². The van der Waals surface area contributed by atoms with Gasteiger partial charge in [-0.05, 0) is 6.07 Å². The second-order valence-electron chi connectivity index (χ2n) is 3.64. The Morgan fingerprint density at radius 2 is 2.21 bits per heavy atom. The molecule has 0 aromatic heterocycles. The van der Waals surface area contributed by atoms with Crippen molar-refractivity contribution in [2.24, 2.45) is 5.92 Å². The molecule has 2 unspecified atom stereocenters. The van der Waals surface area contributed by atoms with Gasteiger partial charge in [-0.3, -0.25) is 4.79 Å². The Morgan fingerprint density at radius 3 is 2.93 bits per heavy atom. The topological polar surface area (TPSA) is 46.5 Å². The first-order valence-corrected chi connectivity index (χ1v) is 4.64. The van der Waals surface area contributed by atoms with Crippen LogP contribution < -0.4 is 4.74 Å². The normalized spacial score (nSPS) is 24.9. The zero-order valence-electron chi connectivity index (χ0n) is 7.93. The highest BCUT2D eigenvalue weighted by atomic mass is 16.5. The van der Waals surface area contributed by atoms with Crippen molar-refractivity contribution < 1.29 is 14.6 Å². The summed E-state index contributed by atoms with van der Waals surface area (Å²) in [5, 5.41) is 9.10. The maximum absolute atomic E-state index is 11.1. The summed E-state index contributed by atoms with van der Waals surface area (Å²) >= 11 is 0. The van der Waals surface area contributed by atoms with E-state index in [1.807, 2.05) is 31.2 Å². The fourth-order valence-electron chi connectivity index (χ4n) is 1.87. The van der Waals surface area contributed by atoms with Gasteiger partial charge in [0.25, 0.3) is 0 Å². The highest BCUT2D eigenvalue weighted by Crippen LogP contribution is 2.36. The molecule has 3 heteroatoms. The van der Waals surface area contributed by atoms with Gasteiger partial charge < -0.3 is 9.84 Å². The van der Waals surface area contributed by atoms with Crippen molar-refractivity contribution in [3.05, 3.63) is 29.8 Å². The molecule has 1 aliphatic rings. The van der Waals surface area contributed by atoms with Crippen molar-refractivity contribution in [3.63, 3.8) is 0 Å². The lowest BCUT2D eigenvalue weighted by Crippen LogP contribution is -2.29. The summed E-state index contributed by atoms with van der Waals surface area (Å²) in [6, 6.07) is 7.34. The van der Waals surface area contributed by atoms with Crippen LogP contribution in [0.25, 0.3) is 0 Å². The Balaban J connectivity index is 2.46. The highest BCUT2D eigenvalue weighted by molar-refractivity contribution is 5.78. The summed E-state index contributed by atoms with van der Waals surface area (Å²) in [4.78, 5) is 11.1. The van der Waals surface area contributed by atoms with Gasteiger partial charge in [-0.1, -0.05) is 25.1 Å². The molecule has 1 aromatic carbocycles. The number of aliphatic carboxylic acids is 1. The van der Waals surface area contributed by atoms with Crippen LogP contribution in [-0.2, 0) is 4.79 Å². The van der Waals surface area contributed by atoms with Crippen molar-refractivity contribution >= 4 is 5.97 Å². The molecule has 14 heavy (non-hydrogen) atoms. The van der Waals surface area contributed by atoms with Gasteiger partial charge in [0.2, 0.25) is 0 Å². The van der Waals surface area contributed by atoms with E-state index in [2.05, 4.69) is 0 Å². The van der Waals surface area contributed by atoms with E-state index in [1.165, 1.54) is 0 Å². The molecule has 0 radical (unpaired) electrons. The fraction of sp³-hybridized carbons (Fsp3) is 0.364. The van der Waals surface area contributed by atoms with E-state index in [-0.39, 0.29) is 5.92 Å². The van der Waals surface area contributed by atoms with Crippen molar-refractivity contribution in [3.8, 4) is 5.75 Å². The smallest absolute Gasteiger partial charge is 0.311 e. The van der Waals surface area contributed by atoms with E-state index >= 15 is 0 Å². The van der Waals surface area contributed by atoms with Crippen LogP contribution in [0.4, 0.5) is 0 Å². The Kier molecular flexibility index (Phi) is 2.15. The zero-order valence-corrected chi connectivity index (χ0v) is 7.93. The molecule has 1 aliphatic heterocycles. The molecule has 2 atom stereocenters. The Bertz CT molecular complexity index is 359. The number of hydrogen-bond donors (Lipinski definition) is 1. The largest absolute Gasteiger partial charge is 0.493 e. The van der Waals surface area contributed by atoms with E-state index in [0.29, 0.717) is 12.4 Å². The van der Waals surface area contributed by atoms with Crippen LogP contribution in [0, 0.1) is 5.92 Å². The van der Waals surface area contributed by atoms with Gasteiger partial charge in [-0.25, -0.2) is 0 Å². The maximum atomic E-state index is 11.1. The molecule has 3 nitrogen and oxygen atoms in total. The monoisotopic (exact) mass is 192 g/mol. The fourth-order valence-corrected chi connectivity index (χ4v) is 1.87. The van der Waals surface area contributed by atoms with Crippen molar-refractivity contribution in [2.75, 3.05) is 6.61 Å². The number of rotatable bonds is 1. The van der Waals surface area contributed by atoms with Gasteiger partial charge in [0.05, 0.1) is 12.5 Å². The van der Waals surface area contributed by atoms with Gasteiger partial charge >= 0.3 is 5.97 Å². The number of benzene rings is 1. The lowest BCUT2D eigenvalue weighted by Gasteiger charge is -2.28. The number of carbonyl (C=O) groups is 1. The molecule has 0 amide bonds. The molecule has 0 saturated heterocycles. The summed E-state index contributed by atoms with van der Waals surface area (Å²) in [5.74, 6) is -0.464. The third-order valence-electron chi connectivity index (χ3n) is 2.59. The van der Waals surface area contributed by atoms with Crippen molar-refractivity contribution in [1.82, 2.24) is 0 Å². The first-order valence-electron chi connectivity index (χ1n) is 4.64. The van der Waals surface area contributed by atoms with Crippen LogP contribution in [0.5, 0.6) is 5.75 Å². The number of ether oxygens (including phenoxy) is 1. The first kappa shape index (κ1) is 9.06. The number of fused-ring (bicyclic) bond motifs is 1. The number of hydrogen-bond acceptors (Lipinski definition) is 2. The Morgan fingerprint density at radius 1 is 1.50 bits per heavy atom. The molecule has 74 valence electrons. The molecular weight excluding hydrogens is 180 g/mol. The van der Waals surface area contributed by atoms with Gasteiger partial charge in [-0.2, -0.15) is 0 Å². The predicted molar refractivity (Wildman–Crippen MR) is 51.5 cm³/mol. The number of carboxylic acid groups (broad SMARTS) is 1. The lowest BCUT2D eigenvalue weighted by atomic mass is 9.85. The number of para-hydroxylation sites is 1. The Hall–Kier alpha value is -1.51. The van der Waals surface area contributed by atoms with E-state index in [1.54, 1.807) is 0 Å². The molecule has 0 fully saturated rings. The van der Waals surface area contributed by atoms with E-state index in [4.69, 9.17) is 9.84 Å². The average molecular weight is 192 g/mol. The lowest BCUT2D eigenvalue weighted by molar-refractivity contribution is -0.140. The third kappa shape index (κ3) is 1.35. The van der Waals surface area contributed by atoms with E-state index in [9.17, 15) is 4.79 Å². The second-order valence-corrected chi connectivity index (χ2v) is 3.64. The molecule has 1 aromatic rings. The summed E-state index contributed by atoms with van der Waals surface area (Å²) in [6.07, 6.45) is 0. The quantitative estimate of drug-likeness (QED) is 0.739. The second kappa shape index (κ2) is 3.33. The predicted octanol–water partition coefficient (Wildman–Crippen LogP) is 1.88. The van der Waals surface area contributed by atoms with Crippen molar-refractivity contribution in [2.45, 2.75) is 12.8 Å². The van der Waals surface area contributed by atoms with E-state index < -0.39 is 11.9 Å². The maximum Gasteiger partial charge on any atom is 0.311 e. The molecular formula is C11H12O3. The average Bonchev–Trinajstić information content (AvgIpc) is 2.17. The molecule has 0 aliphatic carbocycles. The SMILES string of the molecule is CC1COc2ccccc2C1C(=O)O. The standard InChI is InChI=1S/C11H12O3/c1-7-6-14-9-5-3-2-4-8(9)10(7)11(12)13/h2-5,7,10H,6H2,1H3,(H,12,13). The molecule has 1 heterocycles. The molecule has 1 N–H and O–H groups in total. The zero-order chi connectivity index (χ0) is 10.1. The molecule has 0 spiro atoms. The van der Waals surface area contributed by atoms with Gasteiger partial charge in [0.1, 0.15) is 5.75 Å². The summed E-state index contributed by atoms with van der Waals surface area (Å²) in [7, 11) is 0. The molecule has 2 rings (SSSR count). The van der Waals surface area contributed by atoms with Gasteiger partial charge in [0.15, 0.2) is 0 Å². The van der Waals surface area contributed by atoms with Crippen LogP contribution in [0.1, 0.15) is 18.4 Å². The van der Waals surface area contributed by atoms with Gasteiger partial charge in [0, 0.05) is 11.5 Å². The highest BCUT2D eigenvalue weighted by Gasteiger charge is 2.32. The first-order chi connectivity index (χ1) is 6.70. The molecule has 0 bridgehead atoms. The minimum Gasteiger partial charge on any atom is -0.493 e. The summed E-state index contributed by atoms with van der Waals surface area (Å²) in [5.41, 5.74) is 0.791. The van der Waals surface area contributed by atoms with E-state index in [0.717, 1.165) is 5.56 Å². The van der Waals surface area contributed by atoms with Crippen molar-refractivity contribution in [1.29, 1.82) is 0 Å². The minimum absolute atomic E-state index is 0.0300. The summed E-state index contributed by atoms with van der Waals surface area (Å²) in [6.45, 7) is 2.38. The van der Waals surface area contributed by atoms with Crippen LogP contribution in [0.3, 0.4) is 0 Å². The molecule has 0 saturated carbocycles. The van der Waals surface area contributed by atoms with Crippen LogP contribution in [-0.4, -0.2) is 17.7 Å². The van der Waals surface area contributed by atoms with Crippen LogP contribution in [0.2, 0.25) is 0 Å². The summed E-state index contributed by atoms with van der Waals surface area (Å²) < 4.78 is 5.45. The van der Waals surface area contributed by atoms with Gasteiger partial charge in [-0.15, -0.1) is 0 Å². The van der Waals surface area contributed by atoms with Crippen LogP contribution >= 0.6 is 0 Å². The number of carboxylic acids is 1. The minimum atomic E-state index is -0.770. The third-order valence-corrected chi connectivity index (χ3v) is 2.59. The Labute approximate surface area is 82.3 Å².